The molecule has 1 atom stereocenters. The van der Waals surface area contributed by atoms with Crippen molar-refractivity contribution in [3.63, 3.8) is 0 Å². The molecular weight excluding hydrogens is 544 g/mol. The smallest absolute Gasteiger partial charge is 0.295 e. The number of para-hydroxylation sites is 1. The van der Waals surface area contributed by atoms with Crippen LogP contribution in [0.2, 0.25) is 0 Å². The number of nitrogens with zero attached hydrogens (tertiary/aromatic N) is 8. The zero-order valence-corrected chi connectivity index (χ0v) is 23.0. The number of methoxy groups -OCH3 is 1. The van der Waals surface area contributed by atoms with E-state index in [-0.39, 0.29) is 23.4 Å². The van der Waals surface area contributed by atoms with Crippen molar-refractivity contribution >= 4 is 28.4 Å². The predicted octanol–water partition coefficient (Wildman–Crippen LogP) is 6.15. The molecular formula is C29H27F2N9O2. The number of aromatic nitrogens is 7. The molecule has 13 heteroatoms. The maximum Gasteiger partial charge on any atom is 0.295 e. The van der Waals surface area contributed by atoms with E-state index in [9.17, 15) is 8.78 Å². The van der Waals surface area contributed by atoms with Gasteiger partial charge < -0.3 is 19.6 Å². The number of anilines is 2. The Kier molecular flexibility index (Phi) is 7.45. The van der Waals surface area contributed by atoms with Crippen molar-refractivity contribution in [1.29, 1.82) is 0 Å². The zero-order chi connectivity index (χ0) is 29.2. The van der Waals surface area contributed by atoms with E-state index in [0.717, 1.165) is 12.8 Å². The Balaban J connectivity index is 1.52. The van der Waals surface area contributed by atoms with Gasteiger partial charge in [-0.2, -0.15) is 5.10 Å². The second-order valence-corrected chi connectivity index (χ2v) is 9.79. The summed E-state index contributed by atoms with van der Waals surface area (Å²) in [6.07, 6.45) is 0.552. The lowest BCUT2D eigenvalue weighted by Gasteiger charge is -2.25. The Bertz CT molecular complexity index is 1790. The lowest BCUT2D eigenvalue weighted by molar-refractivity contribution is -0.0363. The molecule has 1 unspecified atom stereocenters. The molecule has 0 amide bonds. The van der Waals surface area contributed by atoms with Crippen molar-refractivity contribution in [2.75, 3.05) is 19.0 Å². The molecule has 5 aromatic rings. The van der Waals surface area contributed by atoms with Gasteiger partial charge >= 0.3 is 0 Å². The molecule has 42 heavy (non-hydrogen) atoms. The van der Waals surface area contributed by atoms with E-state index in [1.807, 2.05) is 18.2 Å². The average Bonchev–Trinajstić information content (AvgIpc) is 3.61. The second-order valence-electron chi connectivity index (χ2n) is 9.79. The number of hydrogen-bond acceptors (Lipinski definition) is 8. The SMILES string of the molecule is [C-]#[N+]c1cccc(Cc2cc(Nc3cccc(-c4ncnn4C)c3OC)c3nc(C(F)F)n(C4CCCCO4)c3n2)n1. The van der Waals surface area contributed by atoms with Crippen LogP contribution in [0.3, 0.4) is 0 Å². The number of nitrogens with one attached hydrogen (secondary N) is 1. The van der Waals surface area contributed by atoms with Gasteiger partial charge in [-0.3, -0.25) is 4.57 Å². The molecule has 1 N–H and O–H groups in total. The van der Waals surface area contributed by atoms with Crippen LogP contribution in [0.25, 0.3) is 27.4 Å². The summed E-state index contributed by atoms with van der Waals surface area (Å²) in [6, 6.07) is 12.5. The van der Waals surface area contributed by atoms with E-state index in [0.29, 0.717) is 52.9 Å². The summed E-state index contributed by atoms with van der Waals surface area (Å²) in [6.45, 7) is 7.78. The average molecular weight is 572 g/mol. The largest absolute Gasteiger partial charge is 0.494 e. The molecule has 4 aromatic heterocycles. The first-order valence-corrected chi connectivity index (χ1v) is 13.4. The summed E-state index contributed by atoms with van der Waals surface area (Å²) in [4.78, 5) is 21.3. The summed E-state index contributed by atoms with van der Waals surface area (Å²) in [5.41, 5.74) is 3.47. The summed E-state index contributed by atoms with van der Waals surface area (Å²) < 4.78 is 43.6. The van der Waals surface area contributed by atoms with Gasteiger partial charge in [0.05, 0.1) is 36.2 Å². The fourth-order valence-electron chi connectivity index (χ4n) is 5.21. The summed E-state index contributed by atoms with van der Waals surface area (Å²) in [7, 11) is 3.33. The Morgan fingerprint density at radius 1 is 1.12 bits per heavy atom. The van der Waals surface area contributed by atoms with Gasteiger partial charge in [0.25, 0.3) is 12.2 Å². The van der Waals surface area contributed by atoms with Crippen molar-refractivity contribution < 1.29 is 18.3 Å². The van der Waals surface area contributed by atoms with Crippen molar-refractivity contribution in [1.82, 2.24) is 34.3 Å². The third kappa shape index (κ3) is 5.12. The maximum atomic E-state index is 14.4. The number of rotatable bonds is 8. The van der Waals surface area contributed by atoms with E-state index in [2.05, 4.69) is 30.2 Å². The van der Waals surface area contributed by atoms with Crippen LogP contribution in [0.1, 0.15) is 49.1 Å². The van der Waals surface area contributed by atoms with Crippen LogP contribution in [0.15, 0.2) is 48.8 Å². The van der Waals surface area contributed by atoms with Crippen LogP contribution in [0.5, 0.6) is 5.75 Å². The van der Waals surface area contributed by atoms with Gasteiger partial charge in [0, 0.05) is 13.7 Å². The number of imidazole rings is 1. The van der Waals surface area contributed by atoms with E-state index < -0.39 is 18.5 Å². The molecule has 6 rings (SSSR count). The first kappa shape index (κ1) is 27.2. The first-order chi connectivity index (χ1) is 20.5. The Morgan fingerprint density at radius 2 is 1.98 bits per heavy atom. The van der Waals surface area contributed by atoms with E-state index in [1.165, 1.54) is 10.9 Å². The number of benzene rings is 1. The van der Waals surface area contributed by atoms with Gasteiger partial charge in [0.1, 0.15) is 23.8 Å². The number of pyridine rings is 2. The van der Waals surface area contributed by atoms with Gasteiger partial charge in [0.2, 0.25) is 0 Å². The normalized spacial score (nSPS) is 15.2. The molecule has 0 bridgehead atoms. The highest BCUT2D eigenvalue weighted by molar-refractivity contribution is 5.91. The first-order valence-electron chi connectivity index (χ1n) is 13.4. The highest BCUT2D eigenvalue weighted by Gasteiger charge is 2.29. The third-order valence-electron chi connectivity index (χ3n) is 7.08. The van der Waals surface area contributed by atoms with Gasteiger partial charge in [-0.1, -0.05) is 18.7 Å². The molecule has 0 radical (unpaired) electrons. The fraction of sp³-hybridized carbons (Fsp3) is 0.310. The van der Waals surface area contributed by atoms with Crippen LogP contribution in [0.4, 0.5) is 26.0 Å². The fourth-order valence-corrected chi connectivity index (χ4v) is 5.21. The minimum Gasteiger partial charge on any atom is -0.494 e. The standard InChI is InChI=1S/C29H27F2N9O2/c1-32-22-11-6-8-17(35-22)14-18-15-21(37-20-10-7-9-19(25(20)41-3)27-33-16-34-39(27)2)24-28(36-18)40(29(38-24)26(30)31)23-12-4-5-13-42-23/h6-11,15-16,23,26H,4-5,12-14H2,2-3H3,(H,36,37). The lowest BCUT2D eigenvalue weighted by atomic mass is 10.1. The number of fused-ring (bicyclic) bond motifs is 1. The third-order valence-corrected chi connectivity index (χ3v) is 7.08. The van der Waals surface area contributed by atoms with Crippen molar-refractivity contribution in [2.24, 2.45) is 7.05 Å². The van der Waals surface area contributed by atoms with Crippen LogP contribution >= 0.6 is 0 Å². The maximum absolute atomic E-state index is 14.4. The molecule has 1 fully saturated rings. The molecule has 1 aliphatic heterocycles. The number of alkyl halides is 2. The Morgan fingerprint density at radius 3 is 2.69 bits per heavy atom. The molecule has 1 aromatic carbocycles. The summed E-state index contributed by atoms with van der Waals surface area (Å²) in [5.74, 6) is 0.951. The Hall–Kier alpha value is -4.96. The lowest BCUT2D eigenvalue weighted by Crippen LogP contribution is -2.20. The van der Waals surface area contributed by atoms with Gasteiger partial charge in [-0.25, -0.2) is 28.4 Å². The topological polar surface area (TPSA) is 109 Å². The molecule has 0 aliphatic carbocycles. The highest BCUT2D eigenvalue weighted by atomic mass is 19.3. The van der Waals surface area contributed by atoms with Crippen molar-refractivity contribution in [3.8, 4) is 17.1 Å². The Labute approximate surface area is 240 Å². The zero-order valence-electron chi connectivity index (χ0n) is 23.0. The number of halogens is 2. The molecule has 5 heterocycles. The highest BCUT2D eigenvalue weighted by Crippen LogP contribution is 2.40. The van der Waals surface area contributed by atoms with Crippen LogP contribution in [0, 0.1) is 6.57 Å². The van der Waals surface area contributed by atoms with E-state index >= 15 is 0 Å². The molecule has 1 saturated heterocycles. The number of ether oxygens (including phenoxy) is 2. The molecule has 0 spiro atoms. The van der Waals surface area contributed by atoms with Crippen LogP contribution in [-0.4, -0.2) is 48.0 Å². The van der Waals surface area contributed by atoms with Crippen molar-refractivity contribution in [3.05, 3.63) is 77.4 Å². The monoisotopic (exact) mass is 571 g/mol. The summed E-state index contributed by atoms with van der Waals surface area (Å²) >= 11 is 0. The minimum atomic E-state index is -2.84. The molecule has 1 aliphatic rings. The quantitative estimate of drug-likeness (QED) is 0.221. The molecule has 0 saturated carbocycles. The van der Waals surface area contributed by atoms with E-state index in [4.69, 9.17) is 21.0 Å². The van der Waals surface area contributed by atoms with Crippen LogP contribution in [-0.2, 0) is 18.2 Å². The summed E-state index contributed by atoms with van der Waals surface area (Å²) in [5, 5.41) is 7.53. The van der Waals surface area contributed by atoms with Crippen LogP contribution < -0.4 is 10.1 Å². The number of hydrogen-bond donors (Lipinski definition) is 1. The molecule has 214 valence electrons. The van der Waals surface area contributed by atoms with E-state index in [1.54, 1.807) is 43.1 Å². The van der Waals surface area contributed by atoms with Gasteiger partial charge in [-0.05, 0) is 49.6 Å². The predicted molar refractivity (Wildman–Crippen MR) is 151 cm³/mol. The molecule has 11 nitrogen and oxygen atoms in total. The second kappa shape index (κ2) is 11.5. The van der Waals surface area contributed by atoms with Gasteiger partial charge in [0.15, 0.2) is 23.0 Å². The van der Waals surface area contributed by atoms with Gasteiger partial charge in [-0.15, -0.1) is 4.98 Å². The van der Waals surface area contributed by atoms with Crippen molar-refractivity contribution in [2.45, 2.75) is 38.3 Å². The minimum absolute atomic E-state index is 0.262. The number of aryl methyl sites for hydroxylation is 1.